The van der Waals surface area contributed by atoms with Gasteiger partial charge in [0.15, 0.2) is 0 Å². The van der Waals surface area contributed by atoms with Gasteiger partial charge < -0.3 is 10.7 Å². The lowest BCUT2D eigenvalue weighted by Crippen LogP contribution is -2.18. The summed E-state index contributed by atoms with van der Waals surface area (Å²) in [4.78, 5) is 19.8. The van der Waals surface area contributed by atoms with Gasteiger partial charge in [-0.1, -0.05) is 30.3 Å². The summed E-state index contributed by atoms with van der Waals surface area (Å²) < 4.78 is 0. The molecule has 27 heavy (non-hydrogen) atoms. The van der Waals surface area contributed by atoms with Crippen molar-refractivity contribution in [2.75, 3.05) is 0 Å². The van der Waals surface area contributed by atoms with Crippen molar-refractivity contribution >= 4 is 27.7 Å². The molecule has 2 heterocycles. The molecule has 2 aromatic heterocycles. The van der Waals surface area contributed by atoms with Crippen LogP contribution in [-0.2, 0) is 11.2 Å². The third-order valence-electron chi connectivity index (χ3n) is 4.86. The van der Waals surface area contributed by atoms with E-state index < -0.39 is 0 Å². The number of aromatic amines is 1. The molecule has 0 bridgehead atoms. The molecule has 0 aliphatic heterocycles. The molecule has 0 aliphatic rings. The zero-order valence-corrected chi connectivity index (χ0v) is 14.6. The first-order valence-corrected chi connectivity index (χ1v) is 8.78. The highest BCUT2D eigenvalue weighted by Crippen LogP contribution is 2.32. The number of H-pyrrole nitrogens is 1. The standard InChI is InChI=1S/C22H18N4O/c23-13-15-7-5-14(6-8-15)11-16(12-20(24)27)21-22-18(9-10-25-21)17-3-1-2-4-19(17)26-22/h1-10,16,26H,11-12H2,(H2,24,27)/t16-/m1/s1. The van der Waals surface area contributed by atoms with Gasteiger partial charge in [0.2, 0.25) is 5.91 Å². The first-order valence-electron chi connectivity index (χ1n) is 8.78. The van der Waals surface area contributed by atoms with Crippen molar-refractivity contribution in [3.05, 3.63) is 77.6 Å². The molecule has 132 valence electrons. The number of hydrogen-bond acceptors (Lipinski definition) is 3. The van der Waals surface area contributed by atoms with E-state index in [0.717, 1.165) is 33.1 Å². The van der Waals surface area contributed by atoms with E-state index in [0.29, 0.717) is 12.0 Å². The number of nitrogens with one attached hydrogen (secondary N) is 1. The molecule has 0 aliphatic carbocycles. The van der Waals surface area contributed by atoms with Gasteiger partial charge in [-0.3, -0.25) is 9.78 Å². The predicted molar refractivity (Wildman–Crippen MR) is 105 cm³/mol. The van der Waals surface area contributed by atoms with Crippen molar-refractivity contribution in [2.24, 2.45) is 5.73 Å². The lowest BCUT2D eigenvalue weighted by atomic mass is 9.91. The zero-order valence-electron chi connectivity index (χ0n) is 14.6. The number of fused-ring (bicyclic) bond motifs is 3. The number of benzene rings is 2. The van der Waals surface area contributed by atoms with E-state index in [1.165, 1.54) is 0 Å². The van der Waals surface area contributed by atoms with Crippen LogP contribution in [0, 0.1) is 11.3 Å². The van der Waals surface area contributed by atoms with Gasteiger partial charge in [0.1, 0.15) is 0 Å². The molecule has 5 nitrogen and oxygen atoms in total. The van der Waals surface area contributed by atoms with E-state index in [-0.39, 0.29) is 18.2 Å². The number of para-hydroxylation sites is 1. The number of amides is 1. The van der Waals surface area contributed by atoms with Crippen molar-refractivity contribution in [3.8, 4) is 6.07 Å². The number of nitrogens with two attached hydrogens (primary N) is 1. The minimum Gasteiger partial charge on any atom is -0.370 e. The number of rotatable bonds is 5. The number of carbonyl (C=O) groups excluding carboxylic acids is 1. The van der Waals surface area contributed by atoms with Gasteiger partial charge in [0.25, 0.3) is 0 Å². The highest BCUT2D eigenvalue weighted by atomic mass is 16.1. The first-order chi connectivity index (χ1) is 13.2. The molecular formula is C22H18N4O. The fourth-order valence-electron chi connectivity index (χ4n) is 3.61. The molecule has 0 unspecified atom stereocenters. The highest BCUT2D eigenvalue weighted by molar-refractivity contribution is 6.07. The number of carbonyl (C=O) groups is 1. The van der Waals surface area contributed by atoms with Gasteiger partial charge in [0.05, 0.1) is 22.8 Å². The first kappa shape index (κ1) is 16.8. The summed E-state index contributed by atoms with van der Waals surface area (Å²) in [6, 6.07) is 19.6. The summed E-state index contributed by atoms with van der Waals surface area (Å²) in [7, 11) is 0. The van der Waals surface area contributed by atoms with Gasteiger partial charge in [-0.2, -0.15) is 5.26 Å². The van der Waals surface area contributed by atoms with Crippen LogP contribution < -0.4 is 5.73 Å². The smallest absolute Gasteiger partial charge is 0.218 e. The minimum absolute atomic E-state index is 0.146. The lowest BCUT2D eigenvalue weighted by molar-refractivity contribution is -0.118. The molecule has 1 atom stereocenters. The van der Waals surface area contributed by atoms with E-state index in [9.17, 15) is 4.79 Å². The molecule has 0 spiro atoms. The van der Waals surface area contributed by atoms with E-state index in [1.807, 2.05) is 36.4 Å². The maximum atomic E-state index is 11.7. The molecule has 2 aromatic carbocycles. The van der Waals surface area contributed by atoms with E-state index in [4.69, 9.17) is 11.0 Å². The van der Waals surface area contributed by atoms with Crippen LogP contribution in [0.15, 0.2) is 60.8 Å². The van der Waals surface area contributed by atoms with Crippen LogP contribution in [0.25, 0.3) is 21.8 Å². The Balaban J connectivity index is 1.80. The average molecular weight is 354 g/mol. The summed E-state index contributed by atoms with van der Waals surface area (Å²) in [6.07, 6.45) is 2.61. The highest BCUT2D eigenvalue weighted by Gasteiger charge is 2.21. The van der Waals surface area contributed by atoms with Crippen LogP contribution in [0.3, 0.4) is 0 Å². The van der Waals surface area contributed by atoms with Gasteiger partial charge in [-0.05, 0) is 36.2 Å². The number of aromatic nitrogens is 2. The van der Waals surface area contributed by atoms with Crippen LogP contribution in [-0.4, -0.2) is 15.9 Å². The summed E-state index contributed by atoms with van der Waals surface area (Å²) in [5, 5.41) is 11.2. The number of pyridine rings is 1. The number of primary amides is 1. The Kier molecular flexibility index (Phi) is 4.31. The number of nitrogens with zero attached hydrogens (tertiary/aromatic N) is 2. The molecule has 0 saturated heterocycles. The molecule has 3 N–H and O–H groups in total. The largest absolute Gasteiger partial charge is 0.370 e. The van der Waals surface area contributed by atoms with Gasteiger partial charge in [0, 0.05) is 34.8 Å². The minimum atomic E-state index is -0.358. The van der Waals surface area contributed by atoms with E-state index in [1.54, 1.807) is 18.3 Å². The zero-order chi connectivity index (χ0) is 18.8. The Bertz CT molecular complexity index is 1170. The SMILES string of the molecule is N#Cc1ccc(C[C@H](CC(N)=O)c2nccc3c2[nH]c2ccccc23)cc1. The molecule has 0 fully saturated rings. The average Bonchev–Trinajstić information content (AvgIpc) is 3.06. The van der Waals surface area contributed by atoms with Crippen LogP contribution in [0.1, 0.15) is 29.2 Å². The third-order valence-corrected chi connectivity index (χ3v) is 4.86. The Morgan fingerprint density at radius 3 is 2.63 bits per heavy atom. The maximum absolute atomic E-state index is 11.7. The summed E-state index contributed by atoms with van der Waals surface area (Å²) in [6.45, 7) is 0. The Hall–Kier alpha value is -3.65. The molecular weight excluding hydrogens is 336 g/mol. The topological polar surface area (TPSA) is 95.6 Å². The van der Waals surface area contributed by atoms with Gasteiger partial charge >= 0.3 is 0 Å². The monoisotopic (exact) mass is 354 g/mol. The number of hydrogen-bond donors (Lipinski definition) is 2. The molecule has 0 saturated carbocycles. The number of nitriles is 1. The summed E-state index contributed by atoms with van der Waals surface area (Å²) in [5.41, 5.74) is 10.0. The summed E-state index contributed by atoms with van der Waals surface area (Å²) >= 11 is 0. The van der Waals surface area contributed by atoms with Gasteiger partial charge in [-0.15, -0.1) is 0 Å². The van der Waals surface area contributed by atoms with Crippen molar-refractivity contribution in [3.63, 3.8) is 0 Å². The van der Waals surface area contributed by atoms with E-state index in [2.05, 4.69) is 22.1 Å². The Morgan fingerprint density at radius 2 is 1.89 bits per heavy atom. The van der Waals surface area contributed by atoms with Crippen LogP contribution >= 0.6 is 0 Å². The fraction of sp³-hybridized carbons (Fsp3) is 0.136. The molecule has 4 aromatic rings. The van der Waals surface area contributed by atoms with Crippen molar-refractivity contribution in [1.29, 1.82) is 5.26 Å². The van der Waals surface area contributed by atoms with Crippen molar-refractivity contribution in [2.45, 2.75) is 18.8 Å². The van der Waals surface area contributed by atoms with Gasteiger partial charge in [-0.25, -0.2) is 0 Å². The van der Waals surface area contributed by atoms with Crippen LogP contribution in [0.2, 0.25) is 0 Å². The lowest BCUT2D eigenvalue weighted by Gasteiger charge is -2.16. The second-order valence-corrected chi connectivity index (χ2v) is 6.67. The normalized spacial score (nSPS) is 12.1. The van der Waals surface area contributed by atoms with Crippen LogP contribution in [0.5, 0.6) is 0 Å². The maximum Gasteiger partial charge on any atom is 0.218 e. The van der Waals surface area contributed by atoms with Crippen LogP contribution in [0.4, 0.5) is 0 Å². The molecule has 1 amide bonds. The molecule has 5 heteroatoms. The predicted octanol–water partition coefficient (Wildman–Crippen LogP) is 3.79. The Morgan fingerprint density at radius 1 is 1.11 bits per heavy atom. The second kappa shape index (κ2) is 6.93. The van der Waals surface area contributed by atoms with Crippen molar-refractivity contribution < 1.29 is 4.79 Å². The molecule has 0 radical (unpaired) electrons. The quantitative estimate of drug-likeness (QED) is 0.571. The van der Waals surface area contributed by atoms with Crippen molar-refractivity contribution in [1.82, 2.24) is 9.97 Å². The second-order valence-electron chi connectivity index (χ2n) is 6.67. The third kappa shape index (κ3) is 3.25. The molecule has 4 rings (SSSR count). The summed E-state index contributed by atoms with van der Waals surface area (Å²) in [5.74, 6) is -0.504. The Labute approximate surface area is 156 Å². The van der Waals surface area contributed by atoms with E-state index >= 15 is 0 Å². The fourth-order valence-corrected chi connectivity index (χ4v) is 3.61.